The van der Waals surface area contributed by atoms with Gasteiger partial charge in [-0.1, -0.05) is 6.07 Å². The van der Waals surface area contributed by atoms with Crippen LogP contribution in [0.1, 0.15) is 27.7 Å². The molecule has 2 aliphatic heterocycles. The van der Waals surface area contributed by atoms with Crippen LogP contribution in [0, 0.1) is 0 Å². The first kappa shape index (κ1) is 31.3. The number of carbonyl (C=O) groups excluding carboxylic acids is 4. The Hall–Kier alpha value is -5.11. The normalized spacial score (nSPS) is 22.2. The lowest BCUT2D eigenvalue weighted by Gasteiger charge is -2.43. The van der Waals surface area contributed by atoms with Gasteiger partial charge in [0.05, 0.1) is 10.9 Å². The van der Waals surface area contributed by atoms with Crippen molar-refractivity contribution < 1.29 is 61.5 Å². The van der Waals surface area contributed by atoms with Gasteiger partial charge in [0.2, 0.25) is 12.4 Å². The van der Waals surface area contributed by atoms with Crippen molar-refractivity contribution in [1.82, 2.24) is 0 Å². The summed E-state index contributed by atoms with van der Waals surface area (Å²) < 4.78 is 50.3. The fourth-order valence-corrected chi connectivity index (χ4v) is 5.01. The van der Waals surface area contributed by atoms with Crippen LogP contribution >= 0.6 is 0 Å². The van der Waals surface area contributed by atoms with Gasteiger partial charge in [0, 0.05) is 33.8 Å². The topological polar surface area (TPSA) is 172 Å². The number of carbonyl (C=O) groups is 4. The SMILES string of the molecule is CC(=O)OC[C@@H]1O[C@@H](Oc2ccc3c(=O)c(-c4ccc5c(c4)OCCO5)coc3c2)[C@@H](OC(C)=O)[C@@H](OC(C)=O)[C@@H]1OC(C)=O. The highest BCUT2D eigenvalue weighted by Crippen LogP contribution is 2.35. The maximum absolute atomic E-state index is 13.4. The summed E-state index contributed by atoms with van der Waals surface area (Å²) in [6.07, 6.45) is -5.49. The highest BCUT2D eigenvalue weighted by Gasteiger charge is 2.53. The Labute approximate surface area is 256 Å². The molecule has 2 aliphatic rings. The van der Waals surface area contributed by atoms with E-state index in [2.05, 4.69) is 0 Å². The summed E-state index contributed by atoms with van der Waals surface area (Å²) in [5.41, 5.74) is 0.733. The Balaban J connectivity index is 1.47. The molecular weight excluding hydrogens is 596 g/mol. The molecule has 238 valence electrons. The van der Waals surface area contributed by atoms with E-state index in [-0.39, 0.29) is 22.1 Å². The van der Waals surface area contributed by atoms with Crippen molar-refractivity contribution in [2.24, 2.45) is 0 Å². The number of benzene rings is 2. The molecule has 14 nitrogen and oxygen atoms in total. The maximum Gasteiger partial charge on any atom is 0.303 e. The Morgan fingerprint density at radius 2 is 1.44 bits per heavy atom. The molecule has 2 aromatic carbocycles. The second-order valence-electron chi connectivity index (χ2n) is 10.2. The summed E-state index contributed by atoms with van der Waals surface area (Å²) in [6.45, 7) is 4.96. The Kier molecular flexibility index (Phi) is 9.23. The second-order valence-corrected chi connectivity index (χ2v) is 10.2. The lowest BCUT2D eigenvalue weighted by Crippen LogP contribution is -2.63. The zero-order valence-corrected chi connectivity index (χ0v) is 24.8. The van der Waals surface area contributed by atoms with Crippen LogP contribution in [0.2, 0.25) is 0 Å². The van der Waals surface area contributed by atoms with Crippen LogP contribution < -0.4 is 19.6 Å². The van der Waals surface area contributed by atoms with Crippen LogP contribution in [-0.4, -0.2) is 74.4 Å². The van der Waals surface area contributed by atoms with Crippen LogP contribution in [0.15, 0.2) is 51.9 Å². The van der Waals surface area contributed by atoms with Crippen molar-refractivity contribution in [1.29, 1.82) is 0 Å². The standard InChI is InChI=1S/C31H30O14/c1-15(32)39-14-26-28(41-16(2)33)29(42-17(3)34)30(43-18(4)35)31(45-26)44-20-6-7-21-24(12-20)40-13-22(27(21)36)19-5-8-23-25(11-19)38-10-9-37-23/h5-8,11-13,26,28-31H,9-10,14H2,1-4H3/t26-,28+,29-,30-,31+/m0/s1. The van der Waals surface area contributed by atoms with Crippen molar-refractivity contribution in [3.63, 3.8) is 0 Å². The molecule has 0 amide bonds. The number of esters is 4. The summed E-state index contributed by atoms with van der Waals surface area (Å²) in [5, 5.41) is 0.247. The van der Waals surface area contributed by atoms with E-state index in [0.717, 1.165) is 20.8 Å². The fraction of sp³-hybridized carbons (Fsp3) is 0.387. The Morgan fingerprint density at radius 3 is 2.13 bits per heavy atom. The average molecular weight is 627 g/mol. The summed E-state index contributed by atoms with van der Waals surface area (Å²) in [7, 11) is 0. The van der Waals surface area contributed by atoms with Crippen LogP contribution in [0.3, 0.4) is 0 Å². The highest BCUT2D eigenvalue weighted by molar-refractivity contribution is 5.83. The van der Waals surface area contributed by atoms with Crippen molar-refractivity contribution in [2.75, 3.05) is 19.8 Å². The molecule has 3 aromatic rings. The molecule has 45 heavy (non-hydrogen) atoms. The number of ether oxygens (including phenoxy) is 8. The van der Waals surface area contributed by atoms with Gasteiger partial charge in [-0.3, -0.25) is 24.0 Å². The summed E-state index contributed by atoms with van der Waals surface area (Å²) in [6, 6.07) is 9.54. The minimum atomic E-state index is -1.45. The molecule has 1 aromatic heterocycles. The minimum Gasteiger partial charge on any atom is -0.486 e. The number of hydrogen-bond donors (Lipinski definition) is 0. The molecule has 5 atom stereocenters. The molecule has 3 heterocycles. The van der Waals surface area contributed by atoms with Gasteiger partial charge in [-0.15, -0.1) is 0 Å². The first-order valence-electron chi connectivity index (χ1n) is 13.9. The second kappa shape index (κ2) is 13.3. The van der Waals surface area contributed by atoms with E-state index in [0.29, 0.717) is 35.8 Å². The molecule has 14 heteroatoms. The molecule has 1 fully saturated rings. The van der Waals surface area contributed by atoms with Gasteiger partial charge < -0.3 is 42.3 Å². The average Bonchev–Trinajstić information content (AvgIpc) is 2.98. The van der Waals surface area contributed by atoms with Gasteiger partial charge in [-0.25, -0.2) is 0 Å². The molecule has 0 aliphatic carbocycles. The molecule has 0 saturated carbocycles. The predicted molar refractivity (Wildman–Crippen MR) is 151 cm³/mol. The smallest absolute Gasteiger partial charge is 0.303 e. The van der Waals surface area contributed by atoms with Gasteiger partial charge in [0.1, 0.15) is 43.5 Å². The highest BCUT2D eigenvalue weighted by atomic mass is 16.7. The number of fused-ring (bicyclic) bond motifs is 2. The molecule has 0 radical (unpaired) electrons. The minimum absolute atomic E-state index is 0.124. The molecule has 0 N–H and O–H groups in total. The number of rotatable bonds is 8. The zero-order chi connectivity index (χ0) is 32.2. The maximum atomic E-state index is 13.4. The molecular formula is C31H30O14. The third-order valence-corrected chi connectivity index (χ3v) is 6.80. The van der Waals surface area contributed by atoms with Crippen LogP contribution in [0.5, 0.6) is 17.2 Å². The van der Waals surface area contributed by atoms with E-state index in [9.17, 15) is 24.0 Å². The lowest BCUT2D eigenvalue weighted by atomic mass is 9.98. The van der Waals surface area contributed by atoms with E-state index >= 15 is 0 Å². The lowest BCUT2D eigenvalue weighted by molar-refractivity contribution is -0.288. The van der Waals surface area contributed by atoms with E-state index < -0.39 is 61.2 Å². The summed E-state index contributed by atoms with van der Waals surface area (Å²) in [4.78, 5) is 61.1. The van der Waals surface area contributed by atoms with Crippen molar-refractivity contribution >= 4 is 34.8 Å². The van der Waals surface area contributed by atoms with E-state index in [4.69, 9.17) is 42.3 Å². The summed E-state index contributed by atoms with van der Waals surface area (Å²) >= 11 is 0. The summed E-state index contributed by atoms with van der Waals surface area (Å²) in [5.74, 6) is -1.73. The third kappa shape index (κ3) is 7.17. The molecule has 5 rings (SSSR count). The van der Waals surface area contributed by atoms with E-state index in [1.807, 2.05) is 0 Å². The molecule has 0 bridgehead atoms. The van der Waals surface area contributed by atoms with Crippen molar-refractivity contribution in [2.45, 2.75) is 58.4 Å². The van der Waals surface area contributed by atoms with Gasteiger partial charge in [0.25, 0.3) is 0 Å². The van der Waals surface area contributed by atoms with Gasteiger partial charge >= 0.3 is 23.9 Å². The number of hydrogen-bond acceptors (Lipinski definition) is 14. The Morgan fingerprint density at radius 1 is 0.778 bits per heavy atom. The fourth-order valence-electron chi connectivity index (χ4n) is 5.01. The first-order valence-corrected chi connectivity index (χ1v) is 13.9. The van der Waals surface area contributed by atoms with Crippen LogP contribution in [0.4, 0.5) is 0 Å². The quantitative estimate of drug-likeness (QED) is 0.264. The van der Waals surface area contributed by atoms with Crippen LogP contribution in [0.25, 0.3) is 22.1 Å². The van der Waals surface area contributed by atoms with Gasteiger partial charge in [-0.05, 0) is 29.8 Å². The third-order valence-electron chi connectivity index (χ3n) is 6.80. The molecule has 0 spiro atoms. The van der Waals surface area contributed by atoms with E-state index in [1.165, 1.54) is 31.4 Å². The first-order chi connectivity index (χ1) is 21.5. The largest absolute Gasteiger partial charge is 0.486 e. The van der Waals surface area contributed by atoms with Crippen LogP contribution in [-0.2, 0) is 42.9 Å². The van der Waals surface area contributed by atoms with E-state index in [1.54, 1.807) is 18.2 Å². The van der Waals surface area contributed by atoms with Gasteiger partial charge in [-0.2, -0.15) is 0 Å². The van der Waals surface area contributed by atoms with Crippen molar-refractivity contribution in [3.8, 4) is 28.4 Å². The van der Waals surface area contributed by atoms with Gasteiger partial charge in [0.15, 0.2) is 29.1 Å². The monoisotopic (exact) mass is 626 g/mol. The zero-order valence-electron chi connectivity index (χ0n) is 24.8. The molecule has 1 saturated heterocycles. The van der Waals surface area contributed by atoms with Crippen molar-refractivity contribution in [3.05, 3.63) is 52.9 Å². The molecule has 0 unspecified atom stereocenters. The predicted octanol–water partition coefficient (Wildman–Crippen LogP) is 2.69. The Bertz CT molecular complexity index is 1680.